The number of carboxylic acid groups (broad SMARTS) is 1. The van der Waals surface area contributed by atoms with E-state index in [-0.39, 0.29) is 5.69 Å². The second-order valence-corrected chi connectivity index (χ2v) is 4.29. The molecule has 86 valence electrons. The van der Waals surface area contributed by atoms with Gasteiger partial charge in [0.15, 0.2) is 10.9 Å². The molecule has 0 fully saturated rings. The Morgan fingerprint density at radius 3 is 2.82 bits per heavy atom. The van der Waals surface area contributed by atoms with Crippen LogP contribution in [-0.2, 0) is 0 Å². The van der Waals surface area contributed by atoms with Crippen molar-refractivity contribution in [3.05, 3.63) is 41.3 Å². The predicted molar refractivity (Wildman–Crippen MR) is 62.4 cm³/mol. The summed E-state index contributed by atoms with van der Waals surface area (Å²) in [6.45, 7) is 0. The lowest BCUT2D eigenvalue weighted by Gasteiger charge is -2.01. The third-order valence-electron chi connectivity index (χ3n) is 1.77. The van der Waals surface area contributed by atoms with Crippen molar-refractivity contribution in [1.82, 2.24) is 15.0 Å². The molecule has 0 saturated carbocycles. The lowest BCUT2D eigenvalue weighted by atomic mass is 10.4. The van der Waals surface area contributed by atoms with Crippen molar-refractivity contribution >= 4 is 29.3 Å². The largest absolute Gasteiger partial charge is 0.477 e. The topological polar surface area (TPSA) is 76.0 Å². The molecule has 0 saturated heterocycles. The maximum Gasteiger partial charge on any atom is 0.354 e. The minimum Gasteiger partial charge on any atom is -0.477 e. The third-order valence-corrected chi connectivity index (χ3v) is 3.08. The lowest BCUT2D eigenvalue weighted by molar-refractivity contribution is 0.0689. The number of halogens is 1. The van der Waals surface area contributed by atoms with Gasteiger partial charge in [-0.25, -0.2) is 19.7 Å². The summed E-state index contributed by atoms with van der Waals surface area (Å²) >= 11 is 7.04. The van der Waals surface area contributed by atoms with Crippen LogP contribution in [0.1, 0.15) is 10.5 Å². The number of aromatic nitrogens is 3. The number of hydrogen-bond acceptors (Lipinski definition) is 5. The van der Waals surface area contributed by atoms with E-state index in [0.29, 0.717) is 15.2 Å². The molecule has 2 aromatic heterocycles. The van der Waals surface area contributed by atoms with Gasteiger partial charge in [0.2, 0.25) is 0 Å². The normalized spacial score (nSPS) is 10.2. The molecule has 2 heterocycles. The highest BCUT2D eigenvalue weighted by atomic mass is 35.5. The van der Waals surface area contributed by atoms with Crippen LogP contribution in [0.25, 0.3) is 0 Å². The van der Waals surface area contributed by atoms with E-state index in [9.17, 15) is 4.79 Å². The monoisotopic (exact) mass is 267 g/mol. The van der Waals surface area contributed by atoms with Crippen molar-refractivity contribution in [3.8, 4) is 0 Å². The Balaban J connectivity index is 2.28. The van der Waals surface area contributed by atoms with E-state index in [1.165, 1.54) is 12.3 Å². The molecule has 2 rings (SSSR count). The van der Waals surface area contributed by atoms with Crippen molar-refractivity contribution in [3.63, 3.8) is 0 Å². The van der Waals surface area contributed by atoms with Crippen molar-refractivity contribution in [2.24, 2.45) is 0 Å². The van der Waals surface area contributed by atoms with Crippen LogP contribution in [0.3, 0.4) is 0 Å². The summed E-state index contributed by atoms with van der Waals surface area (Å²) in [6, 6.07) is 4.73. The first-order valence-electron chi connectivity index (χ1n) is 4.51. The van der Waals surface area contributed by atoms with Gasteiger partial charge in [0.25, 0.3) is 0 Å². The Morgan fingerprint density at radius 2 is 2.12 bits per heavy atom. The Hall–Kier alpha value is -1.66. The van der Waals surface area contributed by atoms with E-state index in [4.69, 9.17) is 16.7 Å². The molecule has 0 aliphatic rings. The quantitative estimate of drug-likeness (QED) is 0.861. The van der Waals surface area contributed by atoms with Crippen molar-refractivity contribution < 1.29 is 9.90 Å². The summed E-state index contributed by atoms with van der Waals surface area (Å²) < 4.78 is 0. The van der Waals surface area contributed by atoms with Gasteiger partial charge < -0.3 is 5.11 Å². The Labute approximate surface area is 106 Å². The molecule has 1 N–H and O–H groups in total. The standard InChI is InChI=1S/C10H6ClN3O2S/c11-6-2-1-4-12-8(6)17-10-13-5-3-7(14-10)9(15)16/h1-5H,(H,15,16). The molecule has 0 spiro atoms. The van der Waals surface area contributed by atoms with Gasteiger partial charge in [0, 0.05) is 12.4 Å². The van der Waals surface area contributed by atoms with Gasteiger partial charge in [-0.15, -0.1) is 0 Å². The number of pyridine rings is 1. The van der Waals surface area contributed by atoms with Crippen molar-refractivity contribution in [2.75, 3.05) is 0 Å². The van der Waals surface area contributed by atoms with Crippen LogP contribution in [0.5, 0.6) is 0 Å². The minimum atomic E-state index is -1.10. The fourth-order valence-corrected chi connectivity index (χ4v) is 1.99. The molecule has 7 heteroatoms. The number of nitrogens with zero attached hydrogens (tertiary/aromatic N) is 3. The SMILES string of the molecule is O=C(O)c1ccnc(Sc2ncccc2Cl)n1. The number of rotatable bonds is 3. The molecular formula is C10H6ClN3O2S. The average molecular weight is 268 g/mol. The second kappa shape index (κ2) is 5.11. The van der Waals surface area contributed by atoms with Gasteiger partial charge in [-0.3, -0.25) is 0 Å². The summed E-state index contributed by atoms with van der Waals surface area (Å²) in [5.41, 5.74) is -0.0606. The summed E-state index contributed by atoms with van der Waals surface area (Å²) in [6.07, 6.45) is 2.98. The summed E-state index contributed by atoms with van der Waals surface area (Å²) in [7, 11) is 0. The maximum atomic E-state index is 10.7. The van der Waals surface area contributed by atoms with Gasteiger partial charge >= 0.3 is 5.97 Å². The smallest absolute Gasteiger partial charge is 0.354 e. The fraction of sp³-hybridized carbons (Fsp3) is 0. The molecule has 0 atom stereocenters. The van der Waals surface area contributed by atoms with E-state index < -0.39 is 5.97 Å². The first-order valence-corrected chi connectivity index (χ1v) is 5.71. The average Bonchev–Trinajstić information content (AvgIpc) is 2.32. The van der Waals surface area contributed by atoms with Gasteiger partial charge in [-0.2, -0.15) is 0 Å². The van der Waals surface area contributed by atoms with Crippen LogP contribution in [0.4, 0.5) is 0 Å². The van der Waals surface area contributed by atoms with Crippen LogP contribution >= 0.6 is 23.4 Å². The lowest BCUT2D eigenvalue weighted by Crippen LogP contribution is -2.01. The first kappa shape index (κ1) is 11.8. The summed E-state index contributed by atoms with van der Waals surface area (Å²) in [5, 5.41) is 10.1. The van der Waals surface area contributed by atoms with Crippen LogP contribution in [0.2, 0.25) is 5.02 Å². The molecular weight excluding hydrogens is 262 g/mol. The molecule has 0 aliphatic heterocycles. The minimum absolute atomic E-state index is 0.0606. The van der Waals surface area contributed by atoms with Gasteiger partial charge in [0.05, 0.1) is 5.02 Å². The van der Waals surface area contributed by atoms with Crippen molar-refractivity contribution in [1.29, 1.82) is 0 Å². The van der Waals surface area contributed by atoms with E-state index >= 15 is 0 Å². The Kier molecular flexibility index (Phi) is 3.55. The fourth-order valence-electron chi connectivity index (χ4n) is 1.04. The molecule has 2 aromatic rings. The zero-order chi connectivity index (χ0) is 12.3. The number of carbonyl (C=O) groups is 1. The van der Waals surface area contributed by atoms with Gasteiger partial charge in [-0.1, -0.05) is 11.6 Å². The number of aromatic carboxylic acids is 1. The third kappa shape index (κ3) is 2.92. The van der Waals surface area contributed by atoms with E-state index in [1.54, 1.807) is 18.3 Å². The predicted octanol–water partition coefficient (Wildman–Crippen LogP) is 2.37. The van der Waals surface area contributed by atoms with Crippen LogP contribution < -0.4 is 0 Å². The van der Waals surface area contributed by atoms with E-state index in [2.05, 4.69) is 15.0 Å². The molecule has 0 amide bonds. The molecule has 17 heavy (non-hydrogen) atoms. The number of carboxylic acids is 1. The highest BCUT2D eigenvalue weighted by Gasteiger charge is 2.09. The number of hydrogen-bond donors (Lipinski definition) is 1. The van der Waals surface area contributed by atoms with Crippen LogP contribution in [-0.4, -0.2) is 26.0 Å². The molecule has 0 unspecified atom stereocenters. The summed E-state index contributed by atoms with van der Waals surface area (Å²) in [5.74, 6) is -1.10. The molecule has 0 aromatic carbocycles. The molecule has 0 bridgehead atoms. The Morgan fingerprint density at radius 1 is 1.29 bits per heavy atom. The van der Waals surface area contributed by atoms with E-state index in [0.717, 1.165) is 11.8 Å². The summed E-state index contributed by atoms with van der Waals surface area (Å²) in [4.78, 5) is 22.6. The molecule has 0 aliphatic carbocycles. The maximum absolute atomic E-state index is 10.7. The zero-order valence-corrected chi connectivity index (χ0v) is 9.94. The van der Waals surface area contributed by atoms with Gasteiger partial charge in [-0.05, 0) is 30.0 Å². The Bertz CT molecular complexity index is 565. The van der Waals surface area contributed by atoms with Crippen molar-refractivity contribution in [2.45, 2.75) is 10.2 Å². The highest BCUT2D eigenvalue weighted by molar-refractivity contribution is 7.99. The first-order chi connectivity index (χ1) is 8.16. The molecule has 5 nitrogen and oxygen atoms in total. The second-order valence-electron chi connectivity index (χ2n) is 2.92. The van der Waals surface area contributed by atoms with Crippen LogP contribution in [0.15, 0.2) is 40.8 Å². The van der Waals surface area contributed by atoms with E-state index in [1.807, 2.05) is 0 Å². The zero-order valence-electron chi connectivity index (χ0n) is 8.37. The van der Waals surface area contributed by atoms with Gasteiger partial charge in [0.1, 0.15) is 5.03 Å². The molecule has 0 radical (unpaired) electrons. The highest BCUT2D eigenvalue weighted by Crippen LogP contribution is 2.28. The van der Waals surface area contributed by atoms with Crippen LogP contribution in [0, 0.1) is 0 Å².